The molecule has 1 fully saturated rings. The normalized spacial score (nSPS) is 18.0. The van der Waals surface area contributed by atoms with Crippen LogP contribution in [0.2, 0.25) is 0 Å². The molecule has 1 aliphatic carbocycles. The molecule has 6 heteroatoms. The molecule has 1 atom stereocenters. The number of carbonyl (C=O) groups excluding carboxylic acids is 1. The fraction of sp³-hybridized carbons (Fsp3) is 0.588. The van der Waals surface area contributed by atoms with Gasteiger partial charge in [0.15, 0.2) is 6.10 Å². The van der Waals surface area contributed by atoms with Gasteiger partial charge in [0.05, 0.1) is 4.47 Å². The summed E-state index contributed by atoms with van der Waals surface area (Å²) < 4.78 is 19.2. The molecule has 0 saturated heterocycles. The lowest BCUT2D eigenvalue weighted by molar-refractivity contribution is -0.127. The van der Waals surface area contributed by atoms with E-state index in [1.54, 1.807) is 6.92 Å². The van der Waals surface area contributed by atoms with Gasteiger partial charge in [-0.25, -0.2) is 4.39 Å². The van der Waals surface area contributed by atoms with Crippen LogP contribution in [0.4, 0.5) is 4.39 Å². The molecular weight excluding hydrogens is 363 g/mol. The first kappa shape index (κ1) is 18.2. The number of hydrogen-bond acceptors (Lipinski definition) is 3. The number of nitrogens with zero attached hydrogens (tertiary/aromatic N) is 1. The van der Waals surface area contributed by atoms with Crippen molar-refractivity contribution in [3.8, 4) is 5.75 Å². The molecule has 1 aromatic carbocycles. The minimum atomic E-state index is -0.641. The number of hydrogen-bond donors (Lipinski definition) is 1. The average Bonchev–Trinajstić information content (AvgIpc) is 2.98. The second kappa shape index (κ2) is 7.62. The topological polar surface area (TPSA) is 41.6 Å². The minimum Gasteiger partial charge on any atom is -0.480 e. The number of benzene rings is 1. The maximum atomic E-state index is 13.1. The molecule has 0 aromatic heterocycles. The molecule has 0 bridgehead atoms. The SMILES string of the molecule is C[C@@H](Oc1ccc(F)cc1Br)C(=O)NCC1(N(C)C)CCCC1. The average molecular weight is 387 g/mol. The van der Waals surface area contributed by atoms with Crippen molar-refractivity contribution in [3.05, 3.63) is 28.5 Å². The van der Waals surface area contributed by atoms with E-state index in [-0.39, 0.29) is 17.3 Å². The quantitative estimate of drug-likeness (QED) is 0.814. The summed E-state index contributed by atoms with van der Waals surface area (Å²) in [6, 6.07) is 4.14. The molecule has 1 amide bonds. The highest BCUT2D eigenvalue weighted by Gasteiger charge is 2.36. The predicted octanol–water partition coefficient (Wildman–Crippen LogP) is 3.35. The van der Waals surface area contributed by atoms with Gasteiger partial charge in [-0.15, -0.1) is 0 Å². The lowest BCUT2D eigenvalue weighted by Crippen LogP contribution is -2.52. The third kappa shape index (κ3) is 4.44. The third-order valence-corrected chi connectivity index (χ3v) is 5.26. The monoisotopic (exact) mass is 386 g/mol. The van der Waals surface area contributed by atoms with Crippen LogP contribution in [-0.2, 0) is 4.79 Å². The number of ether oxygens (including phenoxy) is 1. The van der Waals surface area contributed by atoms with Gasteiger partial charge in [0.25, 0.3) is 5.91 Å². The van der Waals surface area contributed by atoms with Crippen molar-refractivity contribution in [2.75, 3.05) is 20.6 Å². The van der Waals surface area contributed by atoms with Gasteiger partial charge in [-0.2, -0.15) is 0 Å². The van der Waals surface area contributed by atoms with Crippen LogP contribution in [0.25, 0.3) is 0 Å². The minimum absolute atomic E-state index is 0.0475. The van der Waals surface area contributed by atoms with Crippen LogP contribution in [0.5, 0.6) is 5.75 Å². The van der Waals surface area contributed by atoms with Crippen molar-refractivity contribution in [2.45, 2.75) is 44.2 Å². The maximum Gasteiger partial charge on any atom is 0.260 e. The molecule has 0 spiro atoms. The van der Waals surface area contributed by atoms with Crippen molar-refractivity contribution >= 4 is 21.8 Å². The number of nitrogens with one attached hydrogen (secondary N) is 1. The van der Waals surface area contributed by atoms with Crippen LogP contribution < -0.4 is 10.1 Å². The van der Waals surface area contributed by atoms with Gasteiger partial charge in [0.2, 0.25) is 0 Å². The number of rotatable bonds is 6. The third-order valence-electron chi connectivity index (χ3n) is 4.64. The fourth-order valence-electron chi connectivity index (χ4n) is 3.03. The Morgan fingerprint density at radius 3 is 2.65 bits per heavy atom. The number of carbonyl (C=O) groups is 1. The lowest BCUT2D eigenvalue weighted by atomic mass is 9.96. The van der Waals surface area contributed by atoms with Crippen LogP contribution in [-0.4, -0.2) is 43.1 Å². The van der Waals surface area contributed by atoms with E-state index in [4.69, 9.17) is 4.74 Å². The molecule has 0 heterocycles. The number of amides is 1. The first-order chi connectivity index (χ1) is 10.8. The van der Waals surface area contributed by atoms with Gasteiger partial charge in [-0.3, -0.25) is 4.79 Å². The zero-order valence-corrected chi connectivity index (χ0v) is 15.5. The molecule has 4 nitrogen and oxygen atoms in total. The Kier molecular flexibility index (Phi) is 6.03. The van der Waals surface area contributed by atoms with E-state index >= 15 is 0 Å². The second-order valence-electron chi connectivity index (χ2n) is 6.38. The predicted molar refractivity (Wildman–Crippen MR) is 92.1 cm³/mol. The highest BCUT2D eigenvalue weighted by molar-refractivity contribution is 9.10. The molecule has 128 valence electrons. The second-order valence-corrected chi connectivity index (χ2v) is 7.23. The van der Waals surface area contributed by atoms with E-state index in [1.807, 2.05) is 0 Å². The zero-order valence-electron chi connectivity index (χ0n) is 13.9. The van der Waals surface area contributed by atoms with Crippen molar-refractivity contribution in [1.29, 1.82) is 0 Å². The molecule has 1 aromatic rings. The van der Waals surface area contributed by atoms with E-state index in [1.165, 1.54) is 31.0 Å². The summed E-state index contributed by atoms with van der Waals surface area (Å²) in [5.41, 5.74) is 0.0475. The molecule has 0 radical (unpaired) electrons. The molecular formula is C17H24BrFN2O2. The maximum absolute atomic E-state index is 13.1. The Morgan fingerprint density at radius 2 is 2.09 bits per heavy atom. The molecule has 23 heavy (non-hydrogen) atoms. The Hall–Kier alpha value is -1.14. The van der Waals surface area contributed by atoms with Crippen LogP contribution in [0.3, 0.4) is 0 Å². The summed E-state index contributed by atoms with van der Waals surface area (Å²) in [5, 5.41) is 3.00. The number of halogens is 2. The van der Waals surface area contributed by atoms with E-state index < -0.39 is 6.10 Å². The first-order valence-corrected chi connectivity index (χ1v) is 8.70. The van der Waals surface area contributed by atoms with Gasteiger partial charge in [0.1, 0.15) is 11.6 Å². The van der Waals surface area contributed by atoms with Crippen molar-refractivity contribution in [3.63, 3.8) is 0 Å². The largest absolute Gasteiger partial charge is 0.480 e. The summed E-state index contributed by atoms with van der Waals surface area (Å²) in [6.07, 6.45) is 3.95. The summed E-state index contributed by atoms with van der Waals surface area (Å²) >= 11 is 3.24. The Balaban J connectivity index is 1.92. The molecule has 2 rings (SSSR count). The van der Waals surface area contributed by atoms with Gasteiger partial charge < -0.3 is 15.0 Å². The van der Waals surface area contributed by atoms with Crippen molar-refractivity contribution < 1.29 is 13.9 Å². The molecule has 0 unspecified atom stereocenters. The van der Waals surface area contributed by atoms with Crippen LogP contribution >= 0.6 is 15.9 Å². The van der Waals surface area contributed by atoms with E-state index in [0.717, 1.165) is 12.8 Å². The van der Waals surface area contributed by atoms with E-state index in [2.05, 4.69) is 40.2 Å². The Bertz CT molecular complexity index is 560. The van der Waals surface area contributed by atoms with E-state index in [0.29, 0.717) is 16.8 Å². The van der Waals surface area contributed by atoms with Gasteiger partial charge >= 0.3 is 0 Å². The standard InChI is InChI=1S/C17H24BrFN2O2/c1-12(23-15-7-6-13(19)10-14(15)18)16(22)20-11-17(21(2)3)8-4-5-9-17/h6-7,10,12H,4-5,8-9,11H2,1-3H3,(H,20,22)/t12-/m1/s1. The van der Waals surface area contributed by atoms with Crippen LogP contribution in [0.1, 0.15) is 32.6 Å². The van der Waals surface area contributed by atoms with Gasteiger partial charge in [-0.05, 0) is 68.0 Å². The fourth-order valence-corrected chi connectivity index (χ4v) is 3.47. The molecule has 1 N–H and O–H groups in total. The Morgan fingerprint density at radius 1 is 1.43 bits per heavy atom. The van der Waals surface area contributed by atoms with Crippen LogP contribution in [0, 0.1) is 5.82 Å². The van der Waals surface area contributed by atoms with Crippen LogP contribution in [0.15, 0.2) is 22.7 Å². The molecule has 1 aliphatic rings. The smallest absolute Gasteiger partial charge is 0.260 e. The Labute approximate surface area is 145 Å². The molecule has 0 aliphatic heterocycles. The van der Waals surface area contributed by atoms with Crippen molar-refractivity contribution in [2.24, 2.45) is 0 Å². The summed E-state index contributed by atoms with van der Waals surface area (Å²) in [7, 11) is 4.13. The highest BCUT2D eigenvalue weighted by atomic mass is 79.9. The van der Waals surface area contributed by atoms with Gasteiger partial charge in [-0.1, -0.05) is 12.8 Å². The summed E-state index contributed by atoms with van der Waals surface area (Å²) in [5.74, 6) is -0.0536. The van der Waals surface area contributed by atoms with E-state index in [9.17, 15) is 9.18 Å². The molecule has 1 saturated carbocycles. The number of likely N-dealkylation sites (N-methyl/N-ethyl adjacent to an activating group) is 1. The summed E-state index contributed by atoms with van der Waals surface area (Å²) in [6.45, 7) is 2.32. The first-order valence-electron chi connectivity index (χ1n) is 7.91. The zero-order chi connectivity index (χ0) is 17.0. The van der Waals surface area contributed by atoms with Gasteiger partial charge in [0, 0.05) is 12.1 Å². The lowest BCUT2D eigenvalue weighted by Gasteiger charge is -2.36. The van der Waals surface area contributed by atoms with Crippen molar-refractivity contribution in [1.82, 2.24) is 10.2 Å². The highest BCUT2D eigenvalue weighted by Crippen LogP contribution is 2.33. The summed E-state index contributed by atoms with van der Waals surface area (Å²) in [4.78, 5) is 14.5.